The van der Waals surface area contributed by atoms with Gasteiger partial charge in [-0.3, -0.25) is 20.2 Å². The minimum atomic E-state index is -0.359. The summed E-state index contributed by atoms with van der Waals surface area (Å²) in [6.07, 6.45) is 1.37. The lowest BCUT2D eigenvalue weighted by molar-refractivity contribution is 0.0975. The summed E-state index contributed by atoms with van der Waals surface area (Å²) in [4.78, 5) is 16.9. The molecule has 0 saturated heterocycles. The van der Waals surface area contributed by atoms with E-state index < -0.39 is 0 Å². The van der Waals surface area contributed by atoms with Gasteiger partial charge < -0.3 is 9.84 Å². The van der Waals surface area contributed by atoms with E-state index >= 15 is 0 Å². The van der Waals surface area contributed by atoms with Crippen LogP contribution in [-0.2, 0) is 0 Å². The summed E-state index contributed by atoms with van der Waals surface area (Å²) in [6.45, 7) is 6.30. The number of H-pyrrole nitrogens is 1. The molecule has 0 radical (unpaired) electrons. The summed E-state index contributed by atoms with van der Waals surface area (Å²) in [5.74, 6) is 1.23. The first-order valence-electron chi connectivity index (χ1n) is 8.78. The number of amides is 1. The van der Waals surface area contributed by atoms with Crippen LogP contribution >= 0.6 is 11.6 Å². The Morgan fingerprint density at radius 2 is 2.07 bits per heavy atom. The number of halogens is 1. The lowest BCUT2D eigenvalue weighted by Crippen LogP contribution is -2.36. The minimum absolute atomic E-state index is 0.299. The molecule has 146 valence electrons. The average molecular weight is 401 g/mol. The molecule has 1 amide bonds. The number of carbonyl (C=O) groups is 1. The molecular weight excluding hydrogens is 380 g/mol. The Balaban J connectivity index is 1.76. The molecule has 3 N–H and O–H groups in total. The molecule has 1 aromatic carbocycles. The number of aromatic nitrogens is 3. The van der Waals surface area contributed by atoms with E-state index in [2.05, 4.69) is 31.0 Å². The SMILES string of the molecule is Cc1oncc1C(=O)NC(=NCC(C)C)Nc1cc(-c2ccc(Cl)cc2)[nH]n1. The van der Waals surface area contributed by atoms with E-state index in [4.69, 9.17) is 16.1 Å². The van der Waals surface area contributed by atoms with Crippen LogP contribution in [0.5, 0.6) is 0 Å². The summed E-state index contributed by atoms with van der Waals surface area (Å²) in [5, 5.41) is 17.3. The van der Waals surface area contributed by atoms with Crippen molar-refractivity contribution >= 4 is 29.3 Å². The zero-order chi connectivity index (χ0) is 20.1. The first kappa shape index (κ1) is 19.6. The molecule has 0 aliphatic carbocycles. The molecule has 9 heteroatoms. The maximum Gasteiger partial charge on any atom is 0.263 e. The predicted octanol–water partition coefficient (Wildman–Crippen LogP) is 3.88. The van der Waals surface area contributed by atoms with Crippen molar-refractivity contribution in [2.75, 3.05) is 11.9 Å². The van der Waals surface area contributed by atoms with Crippen molar-refractivity contribution in [3.8, 4) is 11.3 Å². The first-order chi connectivity index (χ1) is 13.4. The molecular formula is C19H21ClN6O2. The third kappa shape index (κ3) is 4.98. The fraction of sp³-hybridized carbons (Fsp3) is 0.263. The maximum absolute atomic E-state index is 12.5. The number of aliphatic imine (C=N–C) groups is 1. The van der Waals surface area contributed by atoms with Gasteiger partial charge in [-0.15, -0.1) is 0 Å². The second kappa shape index (κ2) is 8.71. The summed E-state index contributed by atoms with van der Waals surface area (Å²) in [6, 6.07) is 9.22. The van der Waals surface area contributed by atoms with Gasteiger partial charge in [0.05, 0.1) is 11.9 Å². The number of hydrogen-bond donors (Lipinski definition) is 3. The number of anilines is 1. The van der Waals surface area contributed by atoms with Crippen molar-refractivity contribution in [3.63, 3.8) is 0 Å². The zero-order valence-electron chi connectivity index (χ0n) is 15.8. The van der Waals surface area contributed by atoms with Crippen molar-refractivity contribution in [1.82, 2.24) is 20.7 Å². The smallest absolute Gasteiger partial charge is 0.263 e. The largest absolute Gasteiger partial charge is 0.361 e. The molecule has 0 fully saturated rings. The van der Waals surface area contributed by atoms with Crippen LogP contribution < -0.4 is 10.6 Å². The van der Waals surface area contributed by atoms with Gasteiger partial charge >= 0.3 is 0 Å². The third-order valence-corrected chi connectivity index (χ3v) is 4.07. The third-order valence-electron chi connectivity index (χ3n) is 3.82. The van der Waals surface area contributed by atoms with Crippen molar-refractivity contribution in [2.24, 2.45) is 10.9 Å². The van der Waals surface area contributed by atoms with E-state index in [-0.39, 0.29) is 5.91 Å². The van der Waals surface area contributed by atoms with Gasteiger partial charge in [0.1, 0.15) is 11.3 Å². The van der Waals surface area contributed by atoms with Gasteiger partial charge in [-0.05, 0) is 30.5 Å². The second-order valence-electron chi connectivity index (χ2n) is 6.63. The van der Waals surface area contributed by atoms with Crippen molar-refractivity contribution in [3.05, 3.63) is 52.9 Å². The number of aryl methyl sites for hydroxylation is 1. The van der Waals surface area contributed by atoms with E-state index in [1.54, 1.807) is 6.92 Å². The molecule has 0 atom stereocenters. The number of aromatic amines is 1. The van der Waals surface area contributed by atoms with E-state index in [9.17, 15) is 4.79 Å². The highest BCUT2D eigenvalue weighted by Crippen LogP contribution is 2.21. The predicted molar refractivity (Wildman–Crippen MR) is 109 cm³/mol. The Bertz CT molecular complexity index is 974. The van der Waals surface area contributed by atoms with Gasteiger partial charge in [0.25, 0.3) is 5.91 Å². The molecule has 0 bridgehead atoms. The highest BCUT2D eigenvalue weighted by atomic mass is 35.5. The minimum Gasteiger partial charge on any atom is -0.361 e. The number of carbonyl (C=O) groups excluding carboxylic acids is 1. The van der Waals surface area contributed by atoms with Crippen LogP contribution in [0.25, 0.3) is 11.3 Å². The number of nitrogens with zero attached hydrogens (tertiary/aromatic N) is 3. The van der Waals surface area contributed by atoms with Crippen LogP contribution in [-0.4, -0.2) is 33.8 Å². The Hall–Kier alpha value is -3.13. The maximum atomic E-state index is 12.5. The van der Waals surface area contributed by atoms with Gasteiger partial charge in [0, 0.05) is 17.6 Å². The number of guanidine groups is 1. The lowest BCUT2D eigenvalue weighted by atomic mass is 10.1. The molecule has 3 rings (SSSR count). The fourth-order valence-electron chi connectivity index (χ4n) is 2.36. The van der Waals surface area contributed by atoms with Crippen LogP contribution in [0.4, 0.5) is 5.82 Å². The average Bonchev–Trinajstić information content (AvgIpc) is 3.29. The van der Waals surface area contributed by atoms with Crippen LogP contribution in [0.15, 0.2) is 46.0 Å². The number of rotatable bonds is 5. The summed E-state index contributed by atoms with van der Waals surface area (Å²) in [5.41, 5.74) is 2.10. The van der Waals surface area contributed by atoms with Crippen molar-refractivity contribution in [2.45, 2.75) is 20.8 Å². The number of benzene rings is 1. The quantitative estimate of drug-likeness (QED) is 0.445. The molecule has 2 aromatic heterocycles. The normalized spacial score (nSPS) is 11.7. The molecule has 0 spiro atoms. The van der Waals surface area contributed by atoms with E-state index in [0.29, 0.717) is 40.6 Å². The first-order valence-corrected chi connectivity index (χ1v) is 9.15. The molecule has 28 heavy (non-hydrogen) atoms. The zero-order valence-corrected chi connectivity index (χ0v) is 16.5. The summed E-state index contributed by atoms with van der Waals surface area (Å²) < 4.78 is 4.95. The Labute approximate surface area is 167 Å². The Morgan fingerprint density at radius 1 is 1.32 bits per heavy atom. The Morgan fingerprint density at radius 3 is 2.71 bits per heavy atom. The van der Waals surface area contributed by atoms with E-state index in [1.165, 1.54) is 6.20 Å². The van der Waals surface area contributed by atoms with E-state index in [0.717, 1.165) is 11.3 Å². The van der Waals surface area contributed by atoms with Crippen LogP contribution in [0.3, 0.4) is 0 Å². The number of hydrogen-bond acceptors (Lipinski definition) is 5. The highest BCUT2D eigenvalue weighted by Gasteiger charge is 2.16. The molecule has 0 aliphatic heterocycles. The van der Waals surface area contributed by atoms with Crippen LogP contribution in [0, 0.1) is 12.8 Å². The summed E-state index contributed by atoms with van der Waals surface area (Å²) >= 11 is 5.93. The van der Waals surface area contributed by atoms with Gasteiger partial charge in [0.2, 0.25) is 5.96 Å². The van der Waals surface area contributed by atoms with E-state index in [1.807, 2.05) is 44.2 Å². The lowest BCUT2D eigenvalue weighted by Gasteiger charge is -2.10. The van der Waals surface area contributed by atoms with Crippen molar-refractivity contribution in [1.29, 1.82) is 0 Å². The fourth-order valence-corrected chi connectivity index (χ4v) is 2.49. The van der Waals surface area contributed by atoms with Crippen LogP contribution in [0.1, 0.15) is 30.0 Å². The number of nitrogens with one attached hydrogen (secondary N) is 3. The van der Waals surface area contributed by atoms with Crippen molar-refractivity contribution < 1.29 is 9.32 Å². The molecule has 2 heterocycles. The molecule has 3 aromatic rings. The second-order valence-corrected chi connectivity index (χ2v) is 7.07. The van der Waals surface area contributed by atoms with Gasteiger partial charge in [-0.1, -0.05) is 42.7 Å². The standard InChI is InChI=1S/C19H21ClN6O2/c1-11(2)9-21-19(24-18(27)15-10-22-28-12(15)3)23-17-8-16(25-26-17)13-4-6-14(20)7-5-13/h4-8,10-11H,9H2,1-3H3,(H3,21,23,24,25,26,27). The topological polar surface area (TPSA) is 108 Å². The summed E-state index contributed by atoms with van der Waals surface area (Å²) in [7, 11) is 0. The molecule has 0 aliphatic rings. The Kier molecular flexibility index (Phi) is 6.10. The molecule has 0 unspecified atom stereocenters. The highest BCUT2D eigenvalue weighted by molar-refractivity contribution is 6.30. The van der Waals surface area contributed by atoms with Gasteiger partial charge in [0.15, 0.2) is 5.82 Å². The monoisotopic (exact) mass is 400 g/mol. The van der Waals surface area contributed by atoms with Gasteiger partial charge in [-0.25, -0.2) is 0 Å². The van der Waals surface area contributed by atoms with Gasteiger partial charge in [-0.2, -0.15) is 5.10 Å². The molecule has 8 nitrogen and oxygen atoms in total. The molecule has 0 saturated carbocycles. The van der Waals surface area contributed by atoms with Crippen LogP contribution in [0.2, 0.25) is 5.02 Å².